The summed E-state index contributed by atoms with van der Waals surface area (Å²) in [5, 5.41) is 9.27. The van der Waals surface area contributed by atoms with Crippen LogP contribution < -0.4 is 15.8 Å². The Labute approximate surface area is 144 Å². The van der Waals surface area contributed by atoms with Gasteiger partial charge in [0.1, 0.15) is 11.1 Å². The fourth-order valence-corrected chi connectivity index (χ4v) is 4.30. The molecule has 7 nitrogen and oxygen atoms in total. The number of anilines is 1. The van der Waals surface area contributed by atoms with Crippen LogP contribution in [0, 0.1) is 5.41 Å². The van der Waals surface area contributed by atoms with Crippen molar-refractivity contribution in [3.8, 4) is 0 Å². The molecule has 8 heteroatoms. The average Bonchev–Trinajstić information content (AvgIpc) is 3.02. The molecule has 1 spiro atoms. The molecule has 2 heterocycles. The molecule has 2 N–H and O–H groups in total. The lowest BCUT2D eigenvalue weighted by Gasteiger charge is -2.22. The first-order valence-corrected chi connectivity index (χ1v) is 8.90. The van der Waals surface area contributed by atoms with Crippen molar-refractivity contribution in [1.29, 1.82) is 0 Å². The minimum absolute atomic E-state index is 0.122. The van der Waals surface area contributed by atoms with Gasteiger partial charge in [-0.25, -0.2) is 9.89 Å². The van der Waals surface area contributed by atoms with Gasteiger partial charge >= 0.3 is 6.09 Å². The van der Waals surface area contributed by atoms with E-state index in [1.54, 1.807) is 0 Å². The minimum atomic E-state index is -0.410. The zero-order valence-electron chi connectivity index (χ0n) is 13.4. The number of H-pyrrole nitrogens is 1. The normalized spacial score (nSPS) is 27.5. The van der Waals surface area contributed by atoms with Gasteiger partial charge in [0, 0.05) is 19.0 Å². The first-order valence-electron chi connectivity index (χ1n) is 8.53. The molecule has 4 rings (SSSR count). The highest BCUT2D eigenvalue weighted by Gasteiger charge is 2.52. The molecule has 0 bridgehead atoms. The lowest BCUT2D eigenvalue weighted by atomic mass is 10.0. The molecule has 2 atom stereocenters. The number of carbonyl (C=O) groups is 1. The van der Waals surface area contributed by atoms with Crippen LogP contribution in [0.5, 0.6) is 0 Å². The Morgan fingerprint density at radius 2 is 2.25 bits per heavy atom. The van der Waals surface area contributed by atoms with E-state index in [4.69, 9.17) is 16.3 Å². The summed E-state index contributed by atoms with van der Waals surface area (Å²) in [6.07, 6.45) is 7.65. The predicted octanol–water partition coefficient (Wildman–Crippen LogP) is 2.06. The first kappa shape index (κ1) is 15.7. The molecule has 3 aliphatic rings. The third-order valence-corrected chi connectivity index (χ3v) is 5.99. The van der Waals surface area contributed by atoms with Crippen molar-refractivity contribution in [2.45, 2.75) is 50.7 Å². The van der Waals surface area contributed by atoms with E-state index in [2.05, 4.69) is 15.5 Å². The lowest BCUT2D eigenvalue weighted by molar-refractivity contribution is 0.102. The highest BCUT2D eigenvalue weighted by Crippen LogP contribution is 2.57. The number of amides is 1. The molecule has 2 saturated carbocycles. The molecule has 24 heavy (non-hydrogen) atoms. The number of alkyl carbamates (subject to hydrolysis) is 1. The smallest absolute Gasteiger partial charge is 0.407 e. The molecular formula is C16H21ClN4O3. The van der Waals surface area contributed by atoms with Crippen molar-refractivity contribution < 1.29 is 9.53 Å². The summed E-state index contributed by atoms with van der Waals surface area (Å²) in [4.78, 5) is 25.7. The van der Waals surface area contributed by atoms with Gasteiger partial charge < -0.3 is 15.0 Å². The highest BCUT2D eigenvalue weighted by molar-refractivity contribution is 6.33. The first-order chi connectivity index (χ1) is 11.6. The van der Waals surface area contributed by atoms with E-state index in [1.165, 1.54) is 31.9 Å². The summed E-state index contributed by atoms with van der Waals surface area (Å²) in [5.74, 6) is 0. The van der Waals surface area contributed by atoms with Gasteiger partial charge in [-0.1, -0.05) is 18.0 Å². The van der Waals surface area contributed by atoms with Crippen molar-refractivity contribution in [1.82, 2.24) is 15.5 Å². The van der Waals surface area contributed by atoms with E-state index in [0.29, 0.717) is 30.6 Å². The molecule has 0 aromatic carbocycles. The van der Waals surface area contributed by atoms with Crippen LogP contribution in [0.1, 0.15) is 38.5 Å². The van der Waals surface area contributed by atoms with E-state index in [1.807, 2.05) is 4.90 Å². The van der Waals surface area contributed by atoms with Crippen molar-refractivity contribution in [3.05, 3.63) is 21.6 Å². The lowest BCUT2D eigenvalue weighted by Crippen LogP contribution is -2.40. The van der Waals surface area contributed by atoms with Gasteiger partial charge in [-0.3, -0.25) is 4.79 Å². The van der Waals surface area contributed by atoms with Crippen LogP contribution in [0.4, 0.5) is 10.5 Å². The van der Waals surface area contributed by atoms with Crippen LogP contribution in [0.25, 0.3) is 0 Å². The number of aromatic nitrogens is 2. The Morgan fingerprint density at radius 1 is 1.42 bits per heavy atom. The molecule has 1 aliphatic heterocycles. The Hall–Kier alpha value is -1.76. The maximum absolute atomic E-state index is 12.2. The molecule has 2 unspecified atom stereocenters. The van der Waals surface area contributed by atoms with Gasteiger partial charge in [0.2, 0.25) is 0 Å². The molecular weight excluding hydrogens is 332 g/mol. The molecule has 130 valence electrons. The fraction of sp³-hybridized carbons (Fsp3) is 0.688. The Morgan fingerprint density at radius 3 is 3.04 bits per heavy atom. The third kappa shape index (κ3) is 2.85. The van der Waals surface area contributed by atoms with Crippen molar-refractivity contribution in [2.24, 2.45) is 5.41 Å². The Balaban J connectivity index is 1.33. The summed E-state index contributed by atoms with van der Waals surface area (Å²) < 4.78 is 5.58. The van der Waals surface area contributed by atoms with E-state index in [9.17, 15) is 9.59 Å². The summed E-state index contributed by atoms with van der Waals surface area (Å²) in [7, 11) is 0. The minimum Gasteiger partial charge on any atom is -0.444 e. The van der Waals surface area contributed by atoms with Gasteiger partial charge in [-0.15, -0.1) is 0 Å². The summed E-state index contributed by atoms with van der Waals surface area (Å²) in [6, 6.07) is 0.272. The second kappa shape index (κ2) is 5.95. The number of rotatable bonds is 3. The third-order valence-electron chi connectivity index (χ3n) is 5.63. The topological polar surface area (TPSA) is 87.3 Å². The summed E-state index contributed by atoms with van der Waals surface area (Å²) >= 11 is 6.03. The highest BCUT2D eigenvalue weighted by atomic mass is 35.5. The Bertz CT molecular complexity index is 703. The van der Waals surface area contributed by atoms with E-state index in [0.717, 1.165) is 6.42 Å². The van der Waals surface area contributed by atoms with Gasteiger partial charge in [0.15, 0.2) is 0 Å². The van der Waals surface area contributed by atoms with Gasteiger partial charge in [0.05, 0.1) is 18.4 Å². The van der Waals surface area contributed by atoms with Gasteiger partial charge in [-0.2, -0.15) is 5.10 Å². The largest absolute Gasteiger partial charge is 0.444 e. The number of ether oxygens (including phenoxy) is 1. The standard InChI is InChI=1S/C16H21ClN4O3/c17-13-11(8-18-20-14(13)22)21-7-3-10(9-21)24-15(23)19-12-2-1-4-16(12)5-6-16/h8,10,12H,1-7,9H2,(H,19,23)(H,20,22). The molecule has 1 aromatic heterocycles. The zero-order chi connectivity index (χ0) is 16.7. The van der Waals surface area contributed by atoms with Crippen LogP contribution in [0.3, 0.4) is 0 Å². The van der Waals surface area contributed by atoms with Crippen molar-refractivity contribution in [2.75, 3.05) is 18.0 Å². The SMILES string of the molecule is O=C(NC1CCCC12CC2)OC1CCN(c2cn[nH]c(=O)c2Cl)C1. The van der Waals surface area contributed by atoms with E-state index in [-0.39, 0.29) is 23.3 Å². The number of carbonyl (C=O) groups excluding carboxylic acids is 1. The summed E-state index contributed by atoms with van der Waals surface area (Å²) in [6.45, 7) is 1.20. The molecule has 0 radical (unpaired) electrons. The number of aromatic amines is 1. The second-order valence-electron chi connectivity index (χ2n) is 7.11. The number of hydrogen-bond donors (Lipinski definition) is 2. The summed E-state index contributed by atoms with van der Waals surface area (Å²) in [5.41, 5.74) is 0.539. The second-order valence-corrected chi connectivity index (χ2v) is 7.49. The van der Waals surface area contributed by atoms with Crippen LogP contribution in [-0.4, -0.2) is 41.5 Å². The average molecular weight is 353 g/mol. The fourth-order valence-electron chi connectivity index (χ4n) is 4.09. The maximum Gasteiger partial charge on any atom is 0.407 e. The van der Waals surface area contributed by atoms with E-state index < -0.39 is 5.56 Å². The molecule has 3 fully saturated rings. The quantitative estimate of drug-likeness (QED) is 0.869. The molecule has 2 aliphatic carbocycles. The van der Waals surface area contributed by atoms with Gasteiger partial charge in [-0.05, 0) is 31.1 Å². The van der Waals surface area contributed by atoms with Crippen LogP contribution in [0.15, 0.2) is 11.0 Å². The predicted molar refractivity (Wildman–Crippen MR) is 89.4 cm³/mol. The van der Waals surface area contributed by atoms with Crippen molar-refractivity contribution in [3.63, 3.8) is 0 Å². The van der Waals surface area contributed by atoms with Gasteiger partial charge in [0.25, 0.3) is 5.56 Å². The van der Waals surface area contributed by atoms with Crippen molar-refractivity contribution >= 4 is 23.4 Å². The number of nitrogens with zero attached hydrogens (tertiary/aromatic N) is 2. The Kier molecular flexibility index (Phi) is 3.90. The number of hydrogen-bond acceptors (Lipinski definition) is 5. The number of nitrogens with one attached hydrogen (secondary N) is 2. The monoisotopic (exact) mass is 352 g/mol. The molecule has 1 saturated heterocycles. The van der Waals surface area contributed by atoms with Crippen LogP contribution in [0.2, 0.25) is 5.02 Å². The van der Waals surface area contributed by atoms with Crippen LogP contribution in [-0.2, 0) is 4.74 Å². The maximum atomic E-state index is 12.2. The van der Waals surface area contributed by atoms with E-state index >= 15 is 0 Å². The van der Waals surface area contributed by atoms with Crippen LogP contribution >= 0.6 is 11.6 Å². The molecule has 1 aromatic rings. The number of halogens is 1. The molecule has 1 amide bonds. The zero-order valence-corrected chi connectivity index (χ0v) is 14.1.